The monoisotopic (exact) mass is 257 g/mol. The molecule has 1 saturated heterocycles. The lowest BCUT2D eigenvalue weighted by Crippen LogP contribution is -2.29. The summed E-state index contributed by atoms with van der Waals surface area (Å²) in [5, 5.41) is 0. The van der Waals surface area contributed by atoms with Crippen molar-refractivity contribution in [3.8, 4) is 0 Å². The van der Waals surface area contributed by atoms with Gasteiger partial charge >= 0.3 is 0 Å². The summed E-state index contributed by atoms with van der Waals surface area (Å²) in [5.74, 6) is 2.71. The maximum atomic E-state index is 11.9. The van der Waals surface area contributed by atoms with Gasteiger partial charge in [-0.3, -0.25) is 0 Å². The van der Waals surface area contributed by atoms with Crippen LogP contribution in [0.2, 0.25) is 0 Å². The summed E-state index contributed by atoms with van der Waals surface area (Å²) in [6, 6.07) is 8.52. The van der Waals surface area contributed by atoms with Crippen LogP contribution >= 0.6 is 11.8 Å². The van der Waals surface area contributed by atoms with E-state index in [4.69, 9.17) is 0 Å². The number of thioether (sulfide) groups is 1. The number of hydrogen-bond donors (Lipinski definition) is 1. The quantitative estimate of drug-likeness (QED) is 0.893. The first-order valence-corrected chi connectivity index (χ1v) is 7.95. The van der Waals surface area contributed by atoms with Crippen molar-refractivity contribution >= 4 is 21.8 Å². The molecule has 1 unspecified atom stereocenters. The zero-order chi connectivity index (χ0) is 11.4. The molecule has 0 spiro atoms. The first kappa shape index (κ1) is 12.0. The molecule has 5 heteroatoms. The highest BCUT2D eigenvalue weighted by atomic mass is 32.2. The minimum atomic E-state index is -3.31. The molecule has 88 valence electrons. The smallest absolute Gasteiger partial charge is 0.211 e. The van der Waals surface area contributed by atoms with Crippen molar-refractivity contribution in [3.05, 3.63) is 30.3 Å². The third-order valence-corrected chi connectivity index (χ3v) is 5.31. The summed E-state index contributed by atoms with van der Waals surface area (Å²) in [6.45, 7) is 0.560. The van der Waals surface area contributed by atoms with E-state index in [1.54, 1.807) is 24.3 Å². The Bertz CT molecular complexity index is 425. The van der Waals surface area contributed by atoms with Gasteiger partial charge < -0.3 is 0 Å². The van der Waals surface area contributed by atoms with E-state index in [9.17, 15) is 8.42 Å². The molecule has 0 amide bonds. The minimum Gasteiger partial charge on any atom is -0.211 e. The number of nitrogens with one attached hydrogen (secondary N) is 1. The van der Waals surface area contributed by atoms with Crippen LogP contribution in [0.1, 0.15) is 6.42 Å². The van der Waals surface area contributed by atoms with Crippen molar-refractivity contribution in [1.82, 2.24) is 4.72 Å². The van der Waals surface area contributed by atoms with Gasteiger partial charge in [-0.05, 0) is 36.0 Å². The Morgan fingerprint density at radius 2 is 2.06 bits per heavy atom. The van der Waals surface area contributed by atoms with E-state index in [1.165, 1.54) is 0 Å². The number of sulfonamides is 1. The van der Waals surface area contributed by atoms with Crippen LogP contribution < -0.4 is 4.72 Å². The largest absolute Gasteiger partial charge is 0.240 e. The molecule has 1 aliphatic heterocycles. The van der Waals surface area contributed by atoms with E-state index in [0.29, 0.717) is 17.4 Å². The summed E-state index contributed by atoms with van der Waals surface area (Å²) in [4.78, 5) is 0.348. The van der Waals surface area contributed by atoms with Gasteiger partial charge in [-0.1, -0.05) is 18.2 Å². The van der Waals surface area contributed by atoms with Crippen molar-refractivity contribution in [2.24, 2.45) is 5.92 Å². The maximum Gasteiger partial charge on any atom is 0.240 e. The molecule has 0 aromatic heterocycles. The molecule has 1 atom stereocenters. The first-order chi connectivity index (χ1) is 7.68. The molecule has 0 radical (unpaired) electrons. The zero-order valence-electron chi connectivity index (χ0n) is 8.93. The summed E-state index contributed by atoms with van der Waals surface area (Å²) < 4.78 is 26.4. The second kappa shape index (κ2) is 5.21. The van der Waals surface area contributed by atoms with E-state index < -0.39 is 10.0 Å². The normalized spacial score (nSPS) is 21.1. The molecular formula is C11H15NO2S2. The molecule has 0 saturated carbocycles. The summed E-state index contributed by atoms with van der Waals surface area (Å²) in [6.07, 6.45) is 1.11. The second-order valence-electron chi connectivity index (χ2n) is 3.89. The van der Waals surface area contributed by atoms with E-state index in [-0.39, 0.29) is 0 Å². The fourth-order valence-corrected chi connectivity index (χ4v) is 4.08. The zero-order valence-corrected chi connectivity index (χ0v) is 10.6. The summed E-state index contributed by atoms with van der Waals surface area (Å²) in [5.41, 5.74) is 0. The van der Waals surface area contributed by atoms with Crippen LogP contribution in [-0.4, -0.2) is 26.5 Å². The Balaban J connectivity index is 1.98. The Hall–Kier alpha value is -0.520. The summed E-state index contributed by atoms with van der Waals surface area (Å²) in [7, 11) is -3.31. The Kier molecular flexibility index (Phi) is 3.89. The van der Waals surface area contributed by atoms with Crippen LogP contribution in [0.3, 0.4) is 0 Å². The fourth-order valence-electron chi connectivity index (χ4n) is 1.65. The van der Waals surface area contributed by atoms with E-state index >= 15 is 0 Å². The third kappa shape index (κ3) is 2.99. The minimum absolute atomic E-state index is 0.348. The van der Waals surface area contributed by atoms with Crippen LogP contribution in [0.25, 0.3) is 0 Å². The average Bonchev–Trinajstić information content (AvgIpc) is 2.81. The van der Waals surface area contributed by atoms with Gasteiger partial charge in [-0.2, -0.15) is 11.8 Å². The predicted octanol–water partition coefficient (Wildman–Crippen LogP) is 1.72. The fraction of sp³-hybridized carbons (Fsp3) is 0.455. The van der Waals surface area contributed by atoms with Crippen LogP contribution in [0.4, 0.5) is 0 Å². The lowest BCUT2D eigenvalue weighted by molar-refractivity contribution is 0.546. The van der Waals surface area contributed by atoms with Crippen LogP contribution in [0.15, 0.2) is 35.2 Å². The van der Waals surface area contributed by atoms with Crippen molar-refractivity contribution in [2.45, 2.75) is 11.3 Å². The highest BCUT2D eigenvalue weighted by Gasteiger charge is 2.19. The molecule has 1 fully saturated rings. The van der Waals surface area contributed by atoms with Crippen LogP contribution in [0, 0.1) is 5.92 Å². The van der Waals surface area contributed by atoms with E-state index in [0.717, 1.165) is 17.9 Å². The van der Waals surface area contributed by atoms with Gasteiger partial charge in [-0.25, -0.2) is 13.1 Å². The topological polar surface area (TPSA) is 46.2 Å². The lowest BCUT2D eigenvalue weighted by Gasteiger charge is -2.10. The molecule has 0 aliphatic carbocycles. The van der Waals surface area contributed by atoms with Gasteiger partial charge in [-0.15, -0.1) is 0 Å². The number of benzene rings is 1. The van der Waals surface area contributed by atoms with Crippen molar-refractivity contribution in [3.63, 3.8) is 0 Å². The molecule has 1 heterocycles. The highest BCUT2D eigenvalue weighted by Crippen LogP contribution is 2.23. The predicted molar refractivity (Wildman–Crippen MR) is 67.1 cm³/mol. The van der Waals surface area contributed by atoms with Gasteiger partial charge in [0.25, 0.3) is 0 Å². The molecule has 0 bridgehead atoms. The van der Waals surface area contributed by atoms with E-state index in [1.807, 2.05) is 17.8 Å². The molecule has 1 aromatic rings. The summed E-state index contributed by atoms with van der Waals surface area (Å²) >= 11 is 1.89. The standard InChI is InChI=1S/C11H15NO2S2/c13-16(14,11-4-2-1-3-5-11)12-8-10-6-7-15-9-10/h1-5,10,12H,6-9H2. The SMILES string of the molecule is O=S(=O)(NCC1CCSC1)c1ccccc1. The third-order valence-electron chi connectivity index (χ3n) is 2.64. The van der Waals surface area contributed by atoms with Crippen molar-refractivity contribution in [1.29, 1.82) is 0 Å². The Labute approximate surface area is 101 Å². The molecule has 2 rings (SSSR count). The first-order valence-electron chi connectivity index (χ1n) is 5.31. The molecule has 1 N–H and O–H groups in total. The average molecular weight is 257 g/mol. The maximum absolute atomic E-state index is 11.9. The van der Waals surface area contributed by atoms with Gasteiger partial charge in [0, 0.05) is 6.54 Å². The lowest BCUT2D eigenvalue weighted by atomic mass is 10.1. The van der Waals surface area contributed by atoms with Gasteiger partial charge in [0.2, 0.25) is 10.0 Å². The molecule has 3 nitrogen and oxygen atoms in total. The number of hydrogen-bond acceptors (Lipinski definition) is 3. The van der Waals surface area contributed by atoms with Gasteiger partial charge in [0.05, 0.1) is 4.90 Å². The van der Waals surface area contributed by atoms with Crippen molar-refractivity contribution in [2.75, 3.05) is 18.1 Å². The van der Waals surface area contributed by atoms with Gasteiger partial charge in [0.15, 0.2) is 0 Å². The molecule has 16 heavy (non-hydrogen) atoms. The van der Waals surface area contributed by atoms with E-state index in [2.05, 4.69) is 4.72 Å². The van der Waals surface area contributed by atoms with Crippen molar-refractivity contribution < 1.29 is 8.42 Å². The molecule has 1 aromatic carbocycles. The molecular weight excluding hydrogens is 242 g/mol. The van der Waals surface area contributed by atoms with Crippen LogP contribution in [-0.2, 0) is 10.0 Å². The van der Waals surface area contributed by atoms with Crippen LogP contribution in [0.5, 0.6) is 0 Å². The molecule has 1 aliphatic rings. The Morgan fingerprint density at radius 3 is 2.69 bits per heavy atom. The highest BCUT2D eigenvalue weighted by molar-refractivity contribution is 7.99. The number of rotatable bonds is 4. The Morgan fingerprint density at radius 1 is 1.31 bits per heavy atom. The second-order valence-corrected chi connectivity index (χ2v) is 6.81. The van der Waals surface area contributed by atoms with Gasteiger partial charge in [0.1, 0.15) is 0 Å².